The minimum absolute atomic E-state index is 0.0115. The lowest BCUT2D eigenvalue weighted by atomic mass is 10.2. The van der Waals surface area contributed by atoms with Gasteiger partial charge in [0.15, 0.2) is 6.61 Å². The molecule has 1 aromatic heterocycles. The van der Waals surface area contributed by atoms with Crippen LogP contribution in [-0.4, -0.2) is 25.2 Å². The third-order valence-corrected chi connectivity index (χ3v) is 3.00. The summed E-state index contributed by atoms with van der Waals surface area (Å²) in [6.45, 7) is 4.46. The van der Waals surface area contributed by atoms with E-state index in [0.717, 1.165) is 11.5 Å². The molecule has 0 spiro atoms. The summed E-state index contributed by atoms with van der Waals surface area (Å²) in [6.07, 6.45) is 2.28. The number of ether oxygens (including phenoxy) is 2. The van der Waals surface area contributed by atoms with Crippen molar-refractivity contribution in [3.8, 4) is 11.5 Å². The molecule has 1 heterocycles. The van der Waals surface area contributed by atoms with Crippen molar-refractivity contribution in [1.82, 2.24) is 5.32 Å². The molecule has 1 atom stereocenters. The molecule has 1 unspecified atom stereocenters. The molecule has 5 nitrogen and oxygen atoms in total. The maximum Gasteiger partial charge on any atom is 0.258 e. The number of rotatable bonds is 8. The van der Waals surface area contributed by atoms with Gasteiger partial charge >= 0.3 is 0 Å². The van der Waals surface area contributed by atoms with Crippen LogP contribution in [0.4, 0.5) is 0 Å². The Labute approximate surface area is 130 Å². The quantitative estimate of drug-likeness (QED) is 0.814. The van der Waals surface area contributed by atoms with Crippen molar-refractivity contribution in [2.24, 2.45) is 0 Å². The lowest BCUT2D eigenvalue weighted by molar-refractivity contribution is -0.123. The summed E-state index contributed by atoms with van der Waals surface area (Å²) in [4.78, 5) is 11.8. The smallest absolute Gasteiger partial charge is 0.258 e. The number of hydrogen-bond acceptors (Lipinski definition) is 4. The van der Waals surface area contributed by atoms with Gasteiger partial charge in [0, 0.05) is 12.5 Å². The summed E-state index contributed by atoms with van der Waals surface area (Å²) in [5.41, 5.74) is 0. The Bertz CT molecular complexity index is 563. The standard InChI is InChI=1S/C17H21NO4/c1-3-20-14-6-8-15(9-7-14)22-12-17(19)18-13(2)11-16-5-4-10-21-16/h4-10,13H,3,11-12H2,1-2H3,(H,18,19). The highest BCUT2D eigenvalue weighted by molar-refractivity contribution is 5.77. The number of carbonyl (C=O) groups excluding carboxylic acids is 1. The molecular formula is C17H21NO4. The number of benzene rings is 1. The Kier molecular flexibility index (Phi) is 5.89. The summed E-state index contributed by atoms with van der Waals surface area (Å²) < 4.78 is 16.0. The Morgan fingerprint density at radius 2 is 1.86 bits per heavy atom. The first-order chi connectivity index (χ1) is 10.7. The molecule has 2 rings (SSSR count). The van der Waals surface area contributed by atoms with E-state index in [4.69, 9.17) is 13.9 Å². The molecule has 0 aliphatic heterocycles. The minimum Gasteiger partial charge on any atom is -0.494 e. The van der Waals surface area contributed by atoms with E-state index in [0.29, 0.717) is 18.8 Å². The number of hydrogen-bond donors (Lipinski definition) is 1. The summed E-state index contributed by atoms with van der Waals surface area (Å²) in [6, 6.07) is 10.9. The van der Waals surface area contributed by atoms with Crippen LogP contribution >= 0.6 is 0 Å². The Hall–Kier alpha value is -2.43. The summed E-state index contributed by atoms with van der Waals surface area (Å²) in [5, 5.41) is 2.87. The molecule has 2 aromatic rings. The van der Waals surface area contributed by atoms with E-state index in [2.05, 4.69) is 5.32 Å². The van der Waals surface area contributed by atoms with E-state index in [1.54, 1.807) is 18.4 Å². The van der Waals surface area contributed by atoms with Gasteiger partial charge in [-0.2, -0.15) is 0 Å². The van der Waals surface area contributed by atoms with Crippen molar-refractivity contribution in [2.45, 2.75) is 26.3 Å². The lowest BCUT2D eigenvalue weighted by Crippen LogP contribution is -2.37. The maximum atomic E-state index is 11.8. The predicted molar refractivity (Wildman–Crippen MR) is 83.1 cm³/mol. The van der Waals surface area contributed by atoms with Gasteiger partial charge in [0.2, 0.25) is 0 Å². The monoisotopic (exact) mass is 303 g/mol. The van der Waals surface area contributed by atoms with E-state index in [1.807, 2.05) is 38.1 Å². The fourth-order valence-corrected chi connectivity index (χ4v) is 2.05. The van der Waals surface area contributed by atoms with Crippen molar-refractivity contribution >= 4 is 5.91 Å². The first-order valence-corrected chi connectivity index (χ1v) is 7.34. The second kappa shape index (κ2) is 8.12. The van der Waals surface area contributed by atoms with Crippen LogP contribution in [0, 0.1) is 0 Å². The topological polar surface area (TPSA) is 60.7 Å². The van der Waals surface area contributed by atoms with E-state index in [9.17, 15) is 4.79 Å². The van der Waals surface area contributed by atoms with E-state index >= 15 is 0 Å². The van der Waals surface area contributed by atoms with Gasteiger partial charge in [-0.1, -0.05) is 0 Å². The van der Waals surface area contributed by atoms with E-state index in [-0.39, 0.29) is 18.6 Å². The highest BCUT2D eigenvalue weighted by Gasteiger charge is 2.10. The van der Waals surface area contributed by atoms with Gasteiger partial charge in [0.25, 0.3) is 5.91 Å². The molecule has 0 aliphatic rings. The molecule has 0 saturated heterocycles. The molecule has 1 N–H and O–H groups in total. The summed E-state index contributed by atoms with van der Waals surface area (Å²) >= 11 is 0. The zero-order valence-corrected chi connectivity index (χ0v) is 12.9. The molecule has 0 saturated carbocycles. The molecule has 118 valence electrons. The number of furan rings is 1. The van der Waals surface area contributed by atoms with E-state index < -0.39 is 0 Å². The SMILES string of the molecule is CCOc1ccc(OCC(=O)NC(C)Cc2ccco2)cc1. The molecule has 1 aromatic carbocycles. The molecule has 0 aliphatic carbocycles. The molecule has 0 bridgehead atoms. The highest BCUT2D eigenvalue weighted by Crippen LogP contribution is 2.17. The van der Waals surface area contributed by atoms with Crippen LogP contribution in [0.25, 0.3) is 0 Å². The number of amides is 1. The molecule has 0 fully saturated rings. The fourth-order valence-electron chi connectivity index (χ4n) is 2.05. The molecule has 22 heavy (non-hydrogen) atoms. The normalized spacial score (nSPS) is 11.7. The Morgan fingerprint density at radius 3 is 2.45 bits per heavy atom. The third-order valence-electron chi connectivity index (χ3n) is 3.00. The zero-order valence-electron chi connectivity index (χ0n) is 12.9. The zero-order chi connectivity index (χ0) is 15.8. The van der Waals surface area contributed by atoms with E-state index in [1.165, 1.54) is 0 Å². The van der Waals surface area contributed by atoms with Gasteiger partial charge in [-0.15, -0.1) is 0 Å². The van der Waals surface area contributed by atoms with Crippen molar-refractivity contribution in [2.75, 3.05) is 13.2 Å². The van der Waals surface area contributed by atoms with Gasteiger partial charge in [0.05, 0.1) is 12.9 Å². The minimum atomic E-state index is -0.159. The highest BCUT2D eigenvalue weighted by atomic mass is 16.5. The van der Waals surface area contributed by atoms with Crippen molar-refractivity contribution in [3.05, 3.63) is 48.4 Å². The second-order valence-corrected chi connectivity index (χ2v) is 4.95. The summed E-state index contributed by atoms with van der Waals surface area (Å²) in [7, 11) is 0. The fraction of sp³-hybridized carbons (Fsp3) is 0.353. The van der Waals surface area contributed by atoms with Gasteiger partial charge in [-0.3, -0.25) is 4.79 Å². The van der Waals surface area contributed by atoms with Gasteiger partial charge < -0.3 is 19.2 Å². The van der Waals surface area contributed by atoms with Crippen LogP contribution in [-0.2, 0) is 11.2 Å². The van der Waals surface area contributed by atoms with Crippen LogP contribution in [0.3, 0.4) is 0 Å². The van der Waals surface area contributed by atoms with Crippen LogP contribution in [0.2, 0.25) is 0 Å². The van der Waals surface area contributed by atoms with Gasteiger partial charge in [-0.25, -0.2) is 0 Å². The average Bonchev–Trinajstić information content (AvgIpc) is 2.99. The van der Waals surface area contributed by atoms with Crippen molar-refractivity contribution in [1.29, 1.82) is 0 Å². The maximum absolute atomic E-state index is 11.8. The number of nitrogens with one attached hydrogen (secondary N) is 1. The van der Waals surface area contributed by atoms with Gasteiger partial charge in [0.1, 0.15) is 17.3 Å². The number of carbonyl (C=O) groups is 1. The van der Waals surface area contributed by atoms with Crippen molar-refractivity contribution in [3.63, 3.8) is 0 Å². The first kappa shape index (κ1) is 15.9. The van der Waals surface area contributed by atoms with Crippen LogP contribution < -0.4 is 14.8 Å². The molecule has 0 radical (unpaired) electrons. The first-order valence-electron chi connectivity index (χ1n) is 7.34. The average molecular weight is 303 g/mol. The Balaban J connectivity index is 1.72. The third kappa shape index (κ3) is 5.16. The molecular weight excluding hydrogens is 282 g/mol. The van der Waals surface area contributed by atoms with Crippen LogP contribution in [0.15, 0.2) is 47.1 Å². The van der Waals surface area contributed by atoms with Gasteiger partial charge in [-0.05, 0) is 50.2 Å². The second-order valence-electron chi connectivity index (χ2n) is 4.95. The lowest BCUT2D eigenvalue weighted by Gasteiger charge is -2.13. The van der Waals surface area contributed by atoms with Crippen LogP contribution in [0.1, 0.15) is 19.6 Å². The van der Waals surface area contributed by atoms with Crippen molar-refractivity contribution < 1.29 is 18.7 Å². The molecule has 1 amide bonds. The largest absolute Gasteiger partial charge is 0.494 e. The Morgan fingerprint density at radius 1 is 1.18 bits per heavy atom. The predicted octanol–water partition coefficient (Wildman–Crippen LogP) is 2.80. The summed E-state index contributed by atoms with van der Waals surface area (Å²) in [5.74, 6) is 2.11. The van der Waals surface area contributed by atoms with Crippen LogP contribution in [0.5, 0.6) is 11.5 Å². The molecule has 5 heteroatoms.